The van der Waals surface area contributed by atoms with Crippen LogP contribution in [0.3, 0.4) is 0 Å². The van der Waals surface area contributed by atoms with Gasteiger partial charge in [0.05, 0.1) is 5.69 Å². The summed E-state index contributed by atoms with van der Waals surface area (Å²) in [6.07, 6.45) is 5.57. The van der Waals surface area contributed by atoms with Crippen LogP contribution in [-0.4, -0.2) is 22.9 Å². The number of rotatable bonds is 8. The Balaban J connectivity index is 2.55. The minimum Gasteiger partial charge on any atom is -0.316 e. The lowest BCUT2D eigenvalue weighted by Crippen LogP contribution is -2.35. The van der Waals surface area contributed by atoms with Crippen molar-refractivity contribution < 1.29 is 0 Å². The number of hydrogen-bond donors (Lipinski definition) is 1. The van der Waals surface area contributed by atoms with Gasteiger partial charge in [0, 0.05) is 19.8 Å². The van der Waals surface area contributed by atoms with Crippen molar-refractivity contribution in [1.82, 2.24) is 15.1 Å². The number of aromatic nitrogens is 2. The molecule has 0 aliphatic carbocycles. The molecule has 1 aromatic heterocycles. The maximum absolute atomic E-state index is 4.51. The molecule has 0 spiro atoms. The van der Waals surface area contributed by atoms with Crippen molar-refractivity contribution in [3.63, 3.8) is 0 Å². The van der Waals surface area contributed by atoms with Crippen LogP contribution in [0.5, 0.6) is 0 Å². The van der Waals surface area contributed by atoms with Crippen molar-refractivity contribution in [3.8, 4) is 0 Å². The molecule has 3 heteroatoms. The van der Waals surface area contributed by atoms with Gasteiger partial charge in [0.1, 0.15) is 0 Å². The van der Waals surface area contributed by atoms with Crippen LogP contribution in [-0.2, 0) is 13.5 Å². The summed E-state index contributed by atoms with van der Waals surface area (Å²) < 4.78 is 1.89. The molecule has 3 nitrogen and oxygen atoms in total. The van der Waals surface area contributed by atoms with Gasteiger partial charge in [0.2, 0.25) is 0 Å². The van der Waals surface area contributed by atoms with Gasteiger partial charge in [-0.3, -0.25) is 4.68 Å². The molecule has 0 saturated heterocycles. The molecule has 0 aliphatic heterocycles. The molecule has 1 rings (SSSR count). The normalized spacial score (nSPS) is 15.0. The van der Waals surface area contributed by atoms with Gasteiger partial charge in [-0.15, -0.1) is 0 Å². The van der Waals surface area contributed by atoms with Crippen LogP contribution in [0.1, 0.15) is 46.2 Å². The Morgan fingerprint density at radius 1 is 1.44 bits per heavy atom. The molecule has 104 valence electrons. The summed E-state index contributed by atoms with van der Waals surface area (Å²) in [5.41, 5.74) is 1.53. The molecule has 0 fully saturated rings. The molecule has 0 aromatic carbocycles. The Bertz CT molecular complexity index is 343. The first-order valence-corrected chi connectivity index (χ1v) is 7.14. The average Bonchev–Trinajstić information content (AvgIpc) is 2.63. The lowest BCUT2D eigenvalue weighted by atomic mass is 9.81. The summed E-state index contributed by atoms with van der Waals surface area (Å²) in [5, 5.41) is 8.11. The van der Waals surface area contributed by atoms with Crippen molar-refractivity contribution in [2.24, 2.45) is 18.4 Å². The molecule has 18 heavy (non-hydrogen) atoms. The van der Waals surface area contributed by atoms with Crippen molar-refractivity contribution in [1.29, 1.82) is 0 Å². The topological polar surface area (TPSA) is 29.9 Å². The van der Waals surface area contributed by atoms with Gasteiger partial charge in [0.25, 0.3) is 0 Å². The standard InChI is InChI=1S/C15H29N3/c1-6-8-15(4,12-16-11-13(2)3)10-14-7-9-18(5)17-14/h7,9,13,16H,6,8,10-12H2,1-5H3. The van der Waals surface area contributed by atoms with Gasteiger partial charge in [-0.2, -0.15) is 5.10 Å². The lowest BCUT2D eigenvalue weighted by molar-refractivity contribution is 0.268. The zero-order chi connectivity index (χ0) is 13.6. The first-order valence-electron chi connectivity index (χ1n) is 7.14. The molecule has 0 bridgehead atoms. The number of nitrogens with one attached hydrogen (secondary N) is 1. The second-order valence-electron chi connectivity index (χ2n) is 6.24. The second kappa shape index (κ2) is 6.93. The fourth-order valence-electron chi connectivity index (χ4n) is 2.50. The highest BCUT2D eigenvalue weighted by atomic mass is 15.2. The molecule has 1 unspecified atom stereocenters. The highest BCUT2D eigenvalue weighted by Gasteiger charge is 2.24. The second-order valence-corrected chi connectivity index (χ2v) is 6.24. The number of nitrogens with zero attached hydrogens (tertiary/aromatic N) is 2. The van der Waals surface area contributed by atoms with E-state index in [0.717, 1.165) is 19.5 Å². The summed E-state index contributed by atoms with van der Waals surface area (Å²) in [4.78, 5) is 0. The summed E-state index contributed by atoms with van der Waals surface area (Å²) in [6.45, 7) is 11.3. The van der Waals surface area contributed by atoms with Crippen molar-refractivity contribution in [3.05, 3.63) is 18.0 Å². The van der Waals surface area contributed by atoms with E-state index in [4.69, 9.17) is 0 Å². The van der Waals surface area contributed by atoms with Crippen LogP contribution < -0.4 is 5.32 Å². The van der Waals surface area contributed by atoms with Crippen LogP contribution in [0.2, 0.25) is 0 Å². The SMILES string of the molecule is CCCC(C)(CNCC(C)C)Cc1ccn(C)n1. The van der Waals surface area contributed by atoms with E-state index in [0.29, 0.717) is 11.3 Å². The molecule has 0 saturated carbocycles. The van der Waals surface area contributed by atoms with E-state index >= 15 is 0 Å². The lowest BCUT2D eigenvalue weighted by Gasteiger charge is -2.29. The monoisotopic (exact) mass is 251 g/mol. The van der Waals surface area contributed by atoms with Crippen LogP contribution in [0.25, 0.3) is 0 Å². The van der Waals surface area contributed by atoms with E-state index in [1.807, 2.05) is 17.9 Å². The van der Waals surface area contributed by atoms with Crippen molar-refractivity contribution in [2.45, 2.75) is 47.0 Å². The van der Waals surface area contributed by atoms with Gasteiger partial charge in [-0.1, -0.05) is 34.1 Å². The van der Waals surface area contributed by atoms with E-state index in [9.17, 15) is 0 Å². The van der Waals surface area contributed by atoms with E-state index in [2.05, 4.69) is 44.2 Å². The first-order chi connectivity index (χ1) is 8.45. The molecule has 0 aliphatic rings. The molecular formula is C15H29N3. The largest absolute Gasteiger partial charge is 0.316 e. The Labute approximate surface area is 112 Å². The van der Waals surface area contributed by atoms with Crippen LogP contribution in [0, 0.1) is 11.3 Å². The van der Waals surface area contributed by atoms with Gasteiger partial charge in [0.15, 0.2) is 0 Å². The van der Waals surface area contributed by atoms with E-state index in [1.54, 1.807) is 0 Å². The minimum atomic E-state index is 0.317. The van der Waals surface area contributed by atoms with Crippen molar-refractivity contribution in [2.75, 3.05) is 13.1 Å². The summed E-state index contributed by atoms with van der Waals surface area (Å²) in [7, 11) is 1.98. The molecule has 1 heterocycles. The van der Waals surface area contributed by atoms with Crippen molar-refractivity contribution >= 4 is 0 Å². The van der Waals surface area contributed by atoms with Crippen LogP contribution >= 0.6 is 0 Å². The van der Waals surface area contributed by atoms with Gasteiger partial charge in [-0.25, -0.2) is 0 Å². The molecule has 1 N–H and O–H groups in total. The van der Waals surface area contributed by atoms with E-state index < -0.39 is 0 Å². The highest BCUT2D eigenvalue weighted by Crippen LogP contribution is 2.27. The zero-order valence-electron chi connectivity index (χ0n) is 12.7. The highest BCUT2D eigenvalue weighted by molar-refractivity contribution is 5.03. The van der Waals surface area contributed by atoms with Crippen LogP contribution in [0.15, 0.2) is 12.3 Å². The smallest absolute Gasteiger partial charge is 0.0630 e. The maximum atomic E-state index is 4.51. The Hall–Kier alpha value is -0.830. The predicted octanol–water partition coefficient (Wildman–Crippen LogP) is 3.01. The van der Waals surface area contributed by atoms with Gasteiger partial charge in [-0.05, 0) is 36.8 Å². The van der Waals surface area contributed by atoms with E-state index in [-0.39, 0.29) is 0 Å². The third-order valence-corrected chi connectivity index (χ3v) is 3.33. The molecule has 1 atom stereocenters. The van der Waals surface area contributed by atoms with E-state index in [1.165, 1.54) is 18.5 Å². The Morgan fingerprint density at radius 3 is 2.67 bits per heavy atom. The number of aryl methyl sites for hydroxylation is 1. The zero-order valence-corrected chi connectivity index (χ0v) is 12.7. The Kier molecular flexibility index (Phi) is 5.86. The third kappa shape index (κ3) is 5.21. The van der Waals surface area contributed by atoms with Gasteiger partial charge < -0.3 is 5.32 Å². The molecular weight excluding hydrogens is 222 g/mol. The fourth-order valence-corrected chi connectivity index (χ4v) is 2.50. The quantitative estimate of drug-likeness (QED) is 0.769. The Morgan fingerprint density at radius 2 is 2.17 bits per heavy atom. The minimum absolute atomic E-state index is 0.317. The summed E-state index contributed by atoms with van der Waals surface area (Å²) >= 11 is 0. The first kappa shape index (κ1) is 15.2. The molecule has 1 aromatic rings. The van der Waals surface area contributed by atoms with Crippen LogP contribution in [0.4, 0.5) is 0 Å². The molecule has 0 radical (unpaired) electrons. The predicted molar refractivity (Wildman–Crippen MR) is 77.6 cm³/mol. The third-order valence-electron chi connectivity index (χ3n) is 3.33. The average molecular weight is 251 g/mol. The van der Waals surface area contributed by atoms with Gasteiger partial charge >= 0.3 is 0 Å². The fraction of sp³-hybridized carbons (Fsp3) is 0.800. The maximum Gasteiger partial charge on any atom is 0.0630 e. The molecule has 0 amide bonds. The number of hydrogen-bond acceptors (Lipinski definition) is 2. The summed E-state index contributed by atoms with van der Waals surface area (Å²) in [5.74, 6) is 0.714. The summed E-state index contributed by atoms with van der Waals surface area (Å²) in [6, 6.07) is 2.14.